The molecular weight excluding hydrogens is 342 g/mol. The number of hydrogen-bond donors (Lipinski definition) is 2. The minimum absolute atomic E-state index is 0.0124. The number of carboxylic acids is 1. The van der Waals surface area contributed by atoms with E-state index in [1.165, 1.54) is 13.2 Å². The van der Waals surface area contributed by atoms with Crippen LogP contribution in [-0.2, 0) is 9.53 Å². The Balaban J connectivity index is 2.87. The van der Waals surface area contributed by atoms with Crippen molar-refractivity contribution in [1.82, 2.24) is 5.32 Å². The second kappa shape index (κ2) is 7.99. The van der Waals surface area contributed by atoms with E-state index in [1.54, 1.807) is 19.9 Å². The standard InChI is InChI=1S/C14H18BrNO5/c1-8-6-10(15)7-11(14(18)19)12(8)21-9(2)13(17)16-4-5-20-3/h6-7,9H,4-5H2,1-3H3,(H,16,17)(H,18,19). The van der Waals surface area contributed by atoms with Crippen LogP contribution in [0.25, 0.3) is 0 Å². The minimum Gasteiger partial charge on any atom is -0.480 e. The van der Waals surface area contributed by atoms with Crippen LogP contribution >= 0.6 is 15.9 Å². The number of aryl methyl sites for hydroxylation is 1. The topological polar surface area (TPSA) is 84.9 Å². The fourth-order valence-electron chi connectivity index (χ4n) is 1.70. The van der Waals surface area contributed by atoms with Crippen molar-refractivity contribution in [2.45, 2.75) is 20.0 Å². The van der Waals surface area contributed by atoms with E-state index in [0.717, 1.165) is 0 Å². The number of benzene rings is 1. The van der Waals surface area contributed by atoms with Gasteiger partial charge in [0.1, 0.15) is 11.3 Å². The van der Waals surface area contributed by atoms with Crippen LogP contribution in [0.5, 0.6) is 5.75 Å². The molecule has 0 aliphatic carbocycles. The molecule has 1 unspecified atom stereocenters. The molecule has 0 spiro atoms. The molecule has 21 heavy (non-hydrogen) atoms. The average molecular weight is 360 g/mol. The monoisotopic (exact) mass is 359 g/mol. The Morgan fingerprint density at radius 3 is 2.67 bits per heavy atom. The highest BCUT2D eigenvalue weighted by Crippen LogP contribution is 2.29. The Kier molecular flexibility index (Phi) is 6.64. The van der Waals surface area contributed by atoms with E-state index in [0.29, 0.717) is 23.2 Å². The molecule has 0 saturated heterocycles. The van der Waals surface area contributed by atoms with E-state index < -0.39 is 12.1 Å². The first-order chi connectivity index (χ1) is 9.86. The molecule has 116 valence electrons. The first kappa shape index (κ1) is 17.5. The van der Waals surface area contributed by atoms with E-state index in [1.807, 2.05) is 0 Å². The maximum atomic E-state index is 11.8. The lowest BCUT2D eigenvalue weighted by Crippen LogP contribution is -2.38. The van der Waals surface area contributed by atoms with Gasteiger partial charge >= 0.3 is 5.97 Å². The van der Waals surface area contributed by atoms with Gasteiger partial charge in [-0.1, -0.05) is 15.9 Å². The Hall–Kier alpha value is -1.60. The van der Waals surface area contributed by atoms with E-state index in [2.05, 4.69) is 21.2 Å². The highest BCUT2D eigenvalue weighted by atomic mass is 79.9. The highest BCUT2D eigenvalue weighted by molar-refractivity contribution is 9.10. The van der Waals surface area contributed by atoms with Crippen LogP contribution in [0, 0.1) is 6.92 Å². The zero-order chi connectivity index (χ0) is 16.0. The largest absolute Gasteiger partial charge is 0.480 e. The van der Waals surface area contributed by atoms with Gasteiger partial charge in [-0.25, -0.2) is 4.79 Å². The Morgan fingerprint density at radius 1 is 1.43 bits per heavy atom. The number of ether oxygens (including phenoxy) is 2. The predicted octanol–water partition coefficient (Wildman–Crippen LogP) is 1.99. The first-order valence-corrected chi connectivity index (χ1v) is 7.12. The molecule has 2 N–H and O–H groups in total. The Labute approximate surface area is 131 Å². The Morgan fingerprint density at radius 2 is 2.10 bits per heavy atom. The molecule has 0 saturated carbocycles. The molecule has 0 aliphatic rings. The number of amides is 1. The van der Waals surface area contributed by atoms with Gasteiger partial charge in [-0.15, -0.1) is 0 Å². The molecule has 1 atom stereocenters. The number of carbonyl (C=O) groups is 2. The van der Waals surface area contributed by atoms with Gasteiger partial charge in [-0.3, -0.25) is 4.79 Å². The second-order valence-electron chi connectivity index (χ2n) is 4.45. The number of carboxylic acid groups (broad SMARTS) is 1. The lowest BCUT2D eigenvalue weighted by molar-refractivity contribution is -0.127. The van der Waals surface area contributed by atoms with Crippen LogP contribution in [0.15, 0.2) is 16.6 Å². The summed E-state index contributed by atoms with van der Waals surface area (Å²) in [6, 6.07) is 3.18. The van der Waals surface area contributed by atoms with Gasteiger partial charge in [0.25, 0.3) is 5.91 Å². The maximum absolute atomic E-state index is 11.8. The molecule has 1 aromatic carbocycles. The third-order valence-electron chi connectivity index (χ3n) is 2.74. The van der Waals surface area contributed by atoms with Crippen LogP contribution in [-0.4, -0.2) is 43.3 Å². The summed E-state index contributed by atoms with van der Waals surface area (Å²) < 4.78 is 11.0. The number of rotatable bonds is 7. The van der Waals surface area contributed by atoms with Gasteiger partial charge in [0.2, 0.25) is 0 Å². The molecule has 1 amide bonds. The van der Waals surface area contributed by atoms with Crippen molar-refractivity contribution in [2.75, 3.05) is 20.3 Å². The van der Waals surface area contributed by atoms with Crippen LogP contribution in [0.3, 0.4) is 0 Å². The van der Waals surface area contributed by atoms with Gasteiger partial charge in [-0.05, 0) is 31.5 Å². The van der Waals surface area contributed by atoms with Crippen LogP contribution in [0.1, 0.15) is 22.8 Å². The molecule has 1 aromatic rings. The van der Waals surface area contributed by atoms with Gasteiger partial charge in [-0.2, -0.15) is 0 Å². The van der Waals surface area contributed by atoms with Gasteiger partial charge in [0, 0.05) is 18.1 Å². The van der Waals surface area contributed by atoms with Gasteiger partial charge in [0.15, 0.2) is 6.10 Å². The number of methoxy groups -OCH3 is 1. The molecule has 7 heteroatoms. The molecule has 0 fully saturated rings. The number of nitrogens with one attached hydrogen (secondary N) is 1. The summed E-state index contributed by atoms with van der Waals surface area (Å²) >= 11 is 3.24. The third-order valence-corrected chi connectivity index (χ3v) is 3.20. The summed E-state index contributed by atoms with van der Waals surface area (Å²) in [6.45, 7) is 4.06. The molecule has 0 bridgehead atoms. The lowest BCUT2D eigenvalue weighted by Gasteiger charge is -2.18. The Bertz CT molecular complexity index is 532. The van der Waals surface area contributed by atoms with E-state index in [4.69, 9.17) is 9.47 Å². The summed E-state index contributed by atoms with van der Waals surface area (Å²) in [4.78, 5) is 23.1. The number of hydrogen-bond acceptors (Lipinski definition) is 4. The molecule has 0 aliphatic heterocycles. The van der Waals surface area contributed by atoms with Gasteiger partial charge in [0.05, 0.1) is 6.61 Å². The molecular formula is C14H18BrNO5. The SMILES string of the molecule is COCCNC(=O)C(C)Oc1c(C)cc(Br)cc1C(=O)O. The van der Waals surface area contributed by atoms with Crippen molar-refractivity contribution >= 4 is 27.8 Å². The van der Waals surface area contributed by atoms with Crippen molar-refractivity contribution in [3.63, 3.8) is 0 Å². The molecule has 1 rings (SSSR count). The van der Waals surface area contributed by atoms with Crippen LogP contribution in [0.2, 0.25) is 0 Å². The summed E-state index contributed by atoms with van der Waals surface area (Å²) in [5.74, 6) is -1.24. The van der Waals surface area contributed by atoms with E-state index >= 15 is 0 Å². The fourth-order valence-corrected chi connectivity index (χ4v) is 2.27. The number of halogens is 1. The normalized spacial score (nSPS) is 11.8. The third kappa shape index (κ3) is 5.02. The average Bonchev–Trinajstić information content (AvgIpc) is 2.41. The van der Waals surface area contributed by atoms with Crippen molar-refractivity contribution in [2.24, 2.45) is 0 Å². The lowest BCUT2D eigenvalue weighted by atomic mass is 10.1. The summed E-state index contributed by atoms with van der Waals surface area (Å²) in [5.41, 5.74) is 0.650. The summed E-state index contributed by atoms with van der Waals surface area (Å²) in [5, 5.41) is 11.9. The molecule has 6 nitrogen and oxygen atoms in total. The molecule has 0 aromatic heterocycles. The van der Waals surface area contributed by atoms with Crippen LogP contribution in [0.4, 0.5) is 0 Å². The molecule has 0 heterocycles. The predicted molar refractivity (Wildman–Crippen MR) is 80.8 cm³/mol. The maximum Gasteiger partial charge on any atom is 0.339 e. The first-order valence-electron chi connectivity index (χ1n) is 6.33. The molecule has 0 radical (unpaired) electrons. The fraction of sp³-hybridized carbons (Fsp3) is 0.429. The quantitative estimate of drug-likeness (QED) is 0.727. The summed E-state index contributed by atoms with van der Waals surface area (Å²) in [6.07, 6.45) is -0.806. The second-order valence-corrected chi connectivity index (χ2v) is 5.36. The zero-order valence-electron chi connectivity index (χ0n) is 12.1. The number of aromatic carboxylic acids is 1. The van der Waals surface area contributed by atoms with Crippen molar-refractivity contribution < 1.29 is 24.2 Å². The van der Waals surface area contributed by atoms with E-state index in [-0.39, 0.29) is 17.2 Å². The van der Waals surface area contributed by atoms with Crippen LogP contribution < -0.4 is 10.1 Å². The van der Waals surface area contributed by atoms with Gasteiger partial charge < -0.3 is 19.9 Å². The van der Waals surface area contributed by atoms with Crippen molar-refractivity contribution in [3.8, 4) is 5.75 Å². The van der Waals surface area contributed by atoms with Crippen molar-refractivity contribution in [3.05, 3.63) is 27.7 Å². The highest BCUT2D eigenvalue weighted by Gasteiger charge is 2.20. The zero-order valence-corrected chi connectivity index (χ0v) is 13.7. The van der Waals surface area contributed by atoms with E-state index in [9.17, 15) is 14.7 Å². The summed E-state index contributed by atoms with van der Waals surface area (Å²) in [7, 11) is 1.54. The minimum atomic E-state index is -1.11. The number of carbonyl (C=O) groups excluding carboxylic acids is 1. The van der Waals surface area contributed by atoms with Crippen molar-refractivity contribution in [1.29, 1.82) is 0 Å². The smallest absolute Gasteiger partial charge is 0.339 e.